The number of amides is 1. The molecule has 0 aliphatic carbocycles. The third-order valence-corrected chi connectivity index (χ3v) is 4.08. The number of benzene rings is 1. The lowest BCUT2D eigenvalue weighted by Gasteiger charge is -2.34. The molecule has 4 nitrogen and oxygen atoms in total. The Morgan fingerprint density at radius 3 is 2.64 bits per heavy atom. The van der Waals surface area contributed by atoms with E-state index in [-0.39, 0.29) is 23.7 Å². The Balaban J connectivity index is 0.00000242. The molecule has 1 saturated heterocycles. The Labute approximate surface area is 139 Å². The van der Waals surface area contributed by atoms with Crippen LogP contribution in [0, 0.1) is 5.41 Å². The molecule has 124 valence electrons. The van der Waals surface area contributed by atoms with E-state index in [1.807, 2.05) is 30.3 Å². The minimum absolute atomic E-state index is 0. The van der Waals surface area contributed by atoms with Gasteiger partial charge in [-0.25, -0.2) is 0 Å². The number of carbonyl (C=O) groups is 1. The monoisotopic (exact) mass is 326 g/mol. The molecule has 1 aliphatic heterocycles. The highest BCUT2D eigenvalue weighted by Gasteiger charge is 2.26. The molecule has 0 bridgehead atoms. The highest BCUT2D eigenvalue weighted by molar-refractivity contribution is 5.85. The third kappa shape index (κ3) is 6.67. The standard InChI is InChI=1S/C17H26N2O2.ClH/c1-17(9-11-18-12-10-17)14-19-16(20)8-5-13-21-15-6-3-2-4-7-15;/h2-4,6-7,18H,5,8-14H2,1H3,(H,19,20);1H. The largest absolute Gasteiger partial charge is 0.494 e. The molecule has 0 atom stereocenters. The number of hydrogen-bond acceptors (Lipinski definition) is 3. The van der Waals surface area contributed by atoms with Crippen LogP contribution >= 0.6 is 12.4 Å². The average molecular weight is 327 g/mol. The molecule has 1 aliphatic rings. The fraction of sp³-hybridized carbons (Fsp3) is 0.588. The zero-order chi connectivity index (χ0) is 15.0. The molecule has 0 spiro atoms. The van der Waals surface area contributed by atoms with Gasteiger partial charge in [-0.05, 0) is 49.9 Å². The lowest BCUT2D eigenvalue weighted by Crippen LogP contribution is -2.42. The Hall–Kier alpha value is -1.26. The van der Waals surface area contributed by atoms with Gasteiger partial charge in [-0.15, -0.1) is 12.4 Å². The number of carbonyl (C=O) groups excluding carboxylic acids is 1. The topological polar surface area (TPSA) is 50.4 Å². The van der Waals surface area contributed by atoms with Crippen LogP contribution in [0.25, 0.3) is 0 Å². The van der Waals surface area contributed by atoms with Crippen LogP contribution in [0.5, 0.6) is 5.75 Å². The predicted molar refractivity (Wildman–Crippen MR) is 91.6 cm³/mol. The molecular formula is C17H27ClN2O2. The smallest absolute Gasteiger partial charge is 0.220 e. The number of rotatable bonds is 7. The molecule has 0 saturated carbocycles. The van der Waals surface area contributed by atoms with Crippen molar-refractivity contribution in [2.75, 3.05) is 26.2 Å². The first-order valence-electron chi connectivity index (χ1n) is 7.83. The van der Waals surface area contributed by atoms with Crippen molar-refractivity contribution >= 4 is 18.3 Å². The minimum atomic E-state index is 0. The highest BCUT2D eigenvalue weighted by Crippen LogP contribution is 2.26. The zero-order valence-electron chi connectivity index (χ0n) is 13.3. The van der Waals surface area contributed by atoms with Gasteiger partial charge in [0.2, 0.25) is 5.91 Å². The van der Waals surface area contributed by atoms with Gasteiger partial charge in [-0.2, -0.15) is 0 Å². The predicted octanol–water partition coefficient (Wildman–Crippen LogP) is 2.77. The molecular weight excluding hydrogens is 300 g/mol. The quantitative estimate of drug-likeness (QED) is 0.758. The van der Waals surface area contributed by atoms with Crippen LogP contribution in [0.2, 0.25) is 0 Å². The molecule has 5 heteroatoms. The molecule has 0 radical (unpaired) electrons. The van der Waals surface area contributed by atoms with Crippen molar-refractivity contribution in [2.24, 2.45) is 5.41 Å². The van der Waals surface area contributed by atoms with Gasteiger partial charge < -0.3 is 15.4 Å². The Morgan fingerprint density at radius 1 is 1.27 bits per heavy atom. The molecule has 1 aromatic rings. The van der Waals surface area contributed by atoms with Crippen molar-refractivity contribution in [1.29, 1.82) is 0 Å². The molecule has 0 unspecified atom stereocenters. The summed E-state index contributed by atoms with van der Waals surface area (Å²) in [5, 5.41) is 6.43. The number of para-hydroxylation sites is 1. The summed E-state index contributed by atoms with van der Waals surface area (Å²) in [6.45, 7) is 5.73. The molecule has 1 heterocycles. The number of ether oxygens (including phenoxy) is 1. The van der Waals surface area contributed by atoms with Gasteiger partial charge in [0, 0.05) is 13.0 Å². The summed E-state index contributed by atoms with van der Waals surface area (Å²) in [6, 6.07) is 9.71. The molecule has 1 amide bonds. The van der Waals surface area contributed by atoms with E-state index in [4.69, 9.17) is 4.74 Å². The summed E-state index contributed by atoms with van der Waals surface area (Å²) in [5.41, 5.74) is 0.251. The second kappa shape index (κ2) is 9.70. The van der Waals surface area contributed by atoms with Crippen LogP contribution in [0.1, 0.15) is 32.6 Å². The van der Waals surface area contributed by atoms with Crippen LogP contribution in [0.15, 0.2) is 30.3 Å². The SMILES string of the molecule is CC1(CNC(=O)CCCOc2ccccc2)CCNCC1.Cl. The first kappa shape index (κ1) is 18.8. The molecule has 2 N–H and O–H groups in total. The van der Waals surface area contributed by atoms with Crippen LogP contribution in [-0.2, 0) is 4.79 Å². The highest BCUT2D eigenvalue weighted by atomic mass is 35.5. The Kier molecular flexibility index (Phi) is 8.28. The van der Waals surface area contributed by atoms with E-state index in [0.717, 1.165) is 44.6 Å². The maximum atomic E-state index is 11.9. The third-order valence-electron chi connectivity index (χ3n) is 4.08. The van der Waals surface area contributed by atoms with Gasteiger partial charge >= 0.3 is 0 Å². The van der Waals surface area contributed by atoms with Crippen molar-refractivity contribution in [3.8, 4) is 5.75 Å². The fourth-order valence-electron chi connectivity index (χ4n) is 2.55. The van der Waals surface area contributed by atoms with Gasteiger partial charge in [0.25, 0.3) is 0 Å². The second-order valence-electron chi connectivity index (χ2n) is 6.10. The number of halogens is 1. The summed E-state index contributed by atoms with van der Waals surface area (Å²) < 4.78 is 5.58. The van der Waals surface area contributed by atoms with Gasteiger partial charge in [0.1, 0.15) is 5.75 Å². The summed E-state index contributed by atoms with van der Waals surface area (Å²) in [4.78, 5) is 11.9. The van der Waals surface area contributed by atoms with Gasteiger partial charge in [-0.3, -0.25) is 4.79 Å². The normalized spacial score (nSPS) is 16.4. The molecule has 2 rings (SSSR count). The van der Waals surface area contributed by atoms with Crippen LogP contribution in [0.3, 0.4) is 0 Å². The van der Waals surface area contributed by atoms with E-state index in [9.17, 15) is 4.79 Å². The van der Waals surface area contributed by atoms with E-state index >= 15 is 0 Å². The summed E-state index contributed by atoms with van der Waals surface area (Å²) in [7, 11) is 0. The second-order valence-corrected chi connectivity index (χ2v) is 6.10. The van der Waals surface area contributed by atoms with Gasteiger partial charge in [-0.1, -0.05) is 25.1 Å². The van der Waals surface area contributed by atoms with E-state index in [1.165, 1.54) is 0 Å². The lowest BCUT2D eigenvalue weighted by molar-refractivity contribution is -0.121. The van der Waals surface area contributed by atoms with Crippen molar-refractivity contribution in [1.82, 2.24) is 10.6 Å². The number of nitrogens with one attached hydrogen (secondary N) is 2. The van der Waals surface area contributed by atoms with Crippen molar-refractivity contribution in [3.05, 3.63) is 30.3 Å². The van der Waals surface area contributed by atoms with E-state index in [0.29, 0.717) is 13.0 Å². The molecule has 1 fully saturated rings. The van der Waals surface area contributed by atoms with Crippen molar-refractivity contribution < 1.29 is 9.53 Å². The summed E-state index contributed by atoms with van der Waals surface area (Å²) >= 11 is 0. The summed E-state index contributed by atoms with van der Waals surface area (Å²) in [5.74, 6) is 0.992. The van der Waals surface area contributed by atoms with Gasteiger partial charge in [0.05, 0.1) is 6.61 Å². The molecule has 1 aromatic carbocycles. The van der Waals surface area contributed by atoms with Crippen LogP contribution in [-0.4, -0.2) is 32.1 Å². The van der Waals surface area contributed by atoms with Crippen LogP contribution < -0.4 is 15.4 Å². The van der Waals surface area contributed by atoms with Gasteiger partial charge in [0.15, 0.2) is 0 Å². The maximum Gasteiger partial charge on any atom is 0.220 e. The Bertz CT molecular complexity index is 434. The number of piperidine rings is 1. The van der Waals surface area contributed by atoms with E-state index < -0.39 is 0 Å². The van der Waals surface area contributed by atoms with Crippen LogP contribution in [0.4, 0.5) is 0 Å². The molecule has 22 heavy (non-hydrogen) atoms. The van der Waals surface area contributed by atoms with E-state index in [2.05, 4.69) is 17.6 Å². The summed E-state index contributed by atoms with van der Waals surface area (Å²) in [6.07, 6.45) is 3.54. The fourth-order valence-corrected chi connectivity index (χ4v) is 2.55. The lowest BCUT2D eigenvalue weighted by atomic mass is 9.81. The molecule has 0 aromatic heterocycles. The minimum Gasteiger partial charge on any atom is -0.494 e. The first-order valence-corrected chi connectivity index (χ1v) is 7.83. The van der Waals surface area contributed by atoms with E-state index in [1.54, 1.807) is 0 Å². The first-order chi connectivity index (χ1) is 10.2. The van der Waals surface area contributed by atoms with Crippen molar-refractivity contribution in [3.63, 3.8) is 0 Å². The Morgan fingerprint density at radius 2 is 1.95 bits per heavy atom. The average Bonchev–Trinajstić information content (AvgIpc) is 2.51. The number of hydrogen-bond donors (Lipinski definition) is 2. The zero-order valence-corrected chi connectivity index (χ0v) is 14.1. The van der Waals surface area contributed by atoms with Crippen molar-refractivity contribution in [2.45, 2.75) is 32.6 Å². The maximum absolute atomic E-state index is 11.9.